The topological polar surface area (TPSA) is 61.9 Å². The molecule has 0 spiro atoms. The van der Waals surface area contributed by atoms with E-state index in [2.05, 4.69) is 16.5 Å². The van der Waals surface area contributed by atoms with E-state index in [1.165, 1.54) is 0 Å². The van der Waals surface area contributed by atoms with Crippen molar-refractivity contribution in [3.63, 3.8) is 0 Å². The number of nitriles is 1. The Labute approximate surface area is 110 Å². The number of rotatable bonds is 4. The monoisotopic (exact) mass is 261 g/mol. The van der Waals surface area contributed by atoms with Crippen molar-refractivity contribution in [2.45, 2.75) is 20.0 Å². The third kappa shape index (κ3) is 3.10. The molecule has 0 radical (unpaired) electrons. The SMILES string of the molecule is Cc1cc(CNCc2ccc(C#N)cc2Cl)on1. The Hall–Kier alpha value is -1.83. The van der Waals surface area contributed by atoms with Gasteiger partial charge < -0.3 is 9.84 Å². The normalized spacial score (nSPS) is 10.3. The molecule has 0 fully saturated rings. The first kappa shape index (κ1) is 12.6. The molecule has 0 atom stereocenters. The van der Waals surface area contributed by atoms with Crippen LogP contribution >= 0.6 is 11.6 Å². The van der Waals surface area contributed by atoms with Gasteiger partial charge in [-0.1, -0.05) is 22.8 Å². The zero-order valence-electron chi connectivity index (χ0n) is 9.90. The number of hydrogen-bond donors (Lipinski definition) is 1. The number of hydrogen-bond acceptors (Lipinski definition) is 4. The molecule has 0 saturated carbocycles. The summed E-state index contributed by atoms with van der Waals surface area (Å²) in [5, 5.41) is 16.3. The van der Waals surface area contributed by atoms with E-state index in [1.807, 2.05) is 19.1 Å². The number of halogens is 1. The lowest BCUT2D eigenvalue weighted by molar-refractivity contribution is 0.369. The van der Waals surface area contributed by atoms with Gasteiger partial charge in [0, 0.05) is 17.6 Å². The van der Waals surface area contributed by atoms with Crippen LogP contribution in [0.3, 0.4) is 0 Å². The van der Waals surface area contributed by atoms with Crippen molar-refractivity contribution in [3.8, 4) is 6.07 Å². The molecule has 0 unspecified atom stereocenters. The van der Waals surface area contributed by atoms with Crippen molar-refractivity contribution in [3.05, 3.63) is 51.9 Å². The fourth-order valence-corrected chi connectivity index (χ4v) is 1.83. The minimum atomic E-state index is 0.564. The van der Waals surface area contributed by atoms with Gasteiger partial charge in [-0.3, -0.25) is 0 Å². The standard InChI is InChI=1S/C13H12ClN3O/c1-9-4-12(18-17-9)8-16-7-11-3-2-10(6-15)5-13(11)14/h2-5,16H,7-8H2,1H3. The van der Waals surface area contributed by atoms with Crippen molar-refractivity contribution in [1.29, 1.82) is 5.26 Å². The predicted octanol–water partition coefficient (Wildman–Crippen LogP) is 2.80. The first-order valence-electron chi connectivity index (χ1n) is 5.50. The van der Waals surface area contributed by atoms with E-state index in [0.29, 0.717) is 23.7 Å². The van der Waals surface area contributed by atoms with E-state index in [1.54, 1.807) is 12.1 Å². The predicted molar refractivity (Wildman–Crippen MR) is 68.0 cm³/mol. The average molecular weight is 262 g/mol. The van der Waals surface area contributed by atoms with Gasteiger partial charge in [-0.25, -0.2) is 0 Å². The van der Waals surface area contributed by atoms with Crippen molar-refractivity contribution in [2.24, 2.45) is 0 Å². The van der Waals surface area contributed by atoms with Gasteiger partial charge in [0.2, 0.25) is 0 Å². The Kier molecular flexibility index (Phi) is 3.98. The molecule has 92 valence electrons. The van der Waals surface area contributed by atoms with Gasteiger partial charge in [-0.05, 0) is 24.6 Å². The lowest BCUT2D eigenvalue weighted by atomic mass is 10.1. The summed E-state index contributed by atoms with van der Waals surface area (Å²) in [6.07, 6.45) is 0. The Balaban J connectivity index is 1.92. The van der Waals surface area contributed by atoms with Crippen LogP contribution in [0.2, 0.25) is 5.02 Å². The molecule has 2 rings (SSSR count). The van der Waals surface area contributed by atoms with Gasteiger partial charge in [0.1, 0.15) is 0 Å². The van der Waals surface area contributed by atoms with Gasteiger partial charge in [0.25, 0.3) is 0 Å². The highest BCUT2D eigenvalue weighted by molar-refractivity contribution is 6.31. The molecule has 1 aromatic heterocycles. The van der Waals surface area contributed by atoms with E-state index in [0.717, 1.165) is 17.0 Å². The van der Waals surface area contributed by atoms with E-state index in [9.17, 15) is 0 Å². The van der Waals surface area contributed by atoms with Crippen molar-refractivity contribution < 1.29 is 4.52 Å². The zero-order chi connectivity index (χ0) is 13.0. The summed E-state index contributed by atoms with van der Waals surface area (Å²) in [4.78, 5) is 0. The summed E-state index contributed by atoms with van der Waals surface area (Å²) in [5.74, 6) is 0.789. The average Bonchev–Trinajstić information content (AvgIpc) is 2.77. The van der Waals surface area contributed by atoms with Crippen LogP contribution in [0.5, 0.6) is 0 Å². The summed E-state index contributed by atoms with van der Waals surface area (Å²) < 4.78 is 5.08. The van der Waals surface area contributed by atoms with Gasteiger partial charge in [0.15, 0.2) is 5.76 Å². The number of aromatic nitrogens is 1. The molecule has 5 heteroatoms. The first-order valence-corrected chi connectivity index (χ1v) is 5.88. The van der Waals surface area contributed by atoms with Gasteiger partial charge in [0.05, 0.1) is 23.9 Å². The van der Waals surface area contributed by atoms with E-state index >= 15 is 0 Å². The largest absolute Gasteiger partial charge is 0.360 e. The number of aryl methyl sites for hydroxylation is 1. The second kappa shape index (κ2) is 5.67. The smallest absolute Gasteiger partial charge is 0.150 e. The van der Waals surface area contributed by atoms with Crippen LogP contribution in [-0.2, 0) is 13.1 Å². The minimum absolute atomic E-state index is 0.564. The molecular formula is C13H12ClN3O. The second-order valence-electron chi connectivity index (χ2n) is 3.96. The summed E-state index contributed by atoms with van der Waals surface area (Å²) >= 11 is 6.07. The lowest BCUT2D eigenvalue weighted by Gasteiger charge is -2.05. The van der Waals surface area contributed by atoms with Crippen LogP contribution in [0, 0.1) is 18.3 Å². The number of nitrogens with zero attached hydrogens (tertiary/aromatic N) is 2. The van der Waals surface area contributed by atoms with Gasteiger partial charge in [-0.2, -0.15) is 5.26 Å². The minimum Gasteiger partial charge on any atom is -0.360 e. The molecule has 1 heterocycles. The third-order valence-electron chi connectivity index (χ3n) is 2.47. The third-order valence-corrected chi connectivity index (χ3v) is 2.83. The summed E-state index contributed by atoms with van der Waals surface area (Å²) in [6, 6.07) is 9.20. The highest BCUT2D eigenvalue weighted by Crippen LogP contribution is 2.17. The van der Waals surface area contributed by atoms with E-state index < -0.39 is 0 Å². The van der Waals surface area contributed by atoms with Crippen molar-refractivity contribution >= 4 is 11.6 Å². The highest BCUT2D eigenvalue weighted by Gasteiger charge is 2.03. The lowest BCUT2D eigenvalue weighted by Crippen LogP contribution is -2.12. The molecule has 0 amide bonds. The van der Waals surface area contributed by atoms with Crippen molar-refractivity contribution in [2.75, 3.05) is 0 Å². The molecule has 18 heavy (non-hydrogen) atoms. The Morgan fingerprint density at radius 2 is 2.22 bits per heavy atom. The molecule has 0 bridgehead atoms. The molecule has 1 aromatic carbocycles. The fourth-order valence-electron chi connectivity index (χ4n) is 1.58. The summed E-state index contributed by atoms with van der Waals surface area (Å²) in [7, 11) is 0. The van der Waals surface area contributed by atoms with Crippen LogP contribution in [0.15, 0.2) is 28.8 Å². The van der Waals surface area contributed by atoms with Crippen molar-refractivity contribution in [1.82, 2.24) is 10.5 Å². The molecule has 2 aromatic rings. The highest BCUT2D eigenvalue weighted by atomic mass is 35.5. The summed E-state index contributed by atoms with van der Waals surface area (Å²) in [6.45, 7) is 3.09. The Bertz CT molecular complexity index is 586. The first-order chi connectivity index (χ1) is 8.69. The quantitative estimate of drug-likeness (QED) is 0.919. The van der Waals surface area contributed by atoms with Crippen LogP contribution in [0.4, 0.5) is 0 Å². The fraction of sp³-hybridized carbons (Fsp3) is 0.231. The maximum absolute atomic E-state index is 8.74. The Morgan fingerprint density at radius 1 is 1.39 bits per heavy atom. The number of nitrogens with one attached hydrogen (secondary N) is 1. The Morgan fingerprint density at radius 3 is 2.83 bits per heavy atom. The number of benzene rings is 1. The molecule has 0 aliphatic heterocycles. The molecule has 1 N–H and O–H groups in total. The molecular weight excluding hydrogens is 250 g/mol. The molecule has 0 aliphatic carbocycles. The molecule has 0 aliphatic rings. The van der Waals surface area contributed by atoms with E-state index in [4.69, 9.17) is 21.4 Å². The van der Waals surface area contributed by atoms with Gasteiger partial charge >= 0.3 is 0 Å². The second-order valence-corrected chi connectivity index (χ2v) is 4.36. The van der Waals surface area contributed by atoms with E-state index in [-0.39, 0.29) is 0 Å². The van der Waals surface area contributed by atoms with Crippen LogP contribution in [0.1, 0.15) is 22.6 Å². The van der Waals surface area contributed by atoms with Crippen LogP contribution in [-0.4, -0.2) is 5.16 Å². The van der Waals surface area contributed by atoms with Gasteiger partial charge in [-0.15, -0.1) is 0 Å². The molecule has 4 nitrogen and oxygen atoms in total. The maximum Gasteiger partial charge on any atom is 0.150 e. The maximum atomic E-state index is 8.74. The zero-order valence-corrected chi connectivity index (χ0v) is 10.7. The van der Waals surface area contributed by atoms with Crippen LogP contribution in [0.25, 0.3) is 0 Å². The molecule has 0 saturated heterocycles. The van der Waals surface area contributed by atoms with Crippen LogP contribution < -0.4 is 5.32 Å². The summed E-state index contributed by atoms with van der Waals surface area (Å²) in [5.41, 5.74) is 2.38.